The number of carbonyl (C=O) groups is 1. The van der Waals surface area contributed by atoms with Crippen LogP contribution in [-0.4, -0.2) is 43.0 Å². The second kappa shape index (κ2) is 5.72. The van der Waals surface area contributed by atoms with E-state index in [0.29, 0.717) is 13.1 Å². The SMILES string of the molecule is Cc1cccc(N2CCN(C(C)CN)CC2=O)c1C. The van der Waals surface area contributed by atoms with E-state index < -0.39 is 0 Å². The van der Waals surface area contributed by atoms with Crippen LogP contribution in [0.25, 0.3) is 0 Å². The smallest absolute Gasteiger partial charge is 0.241 e. The molecule has 1 fully saturated rings. The van der Waals surface area contributed by atoms with Gasteiger partial charge in [-0.25, -0.2) is 0 Å². The van der Waals surface area contributed by atoms with Crippen LogP contribution in [-0.2, 0) is 4.79 Å². The molecule has 0 aromatic heterocycles. The lowest BCUT2D eigenvalue weighted by Crippen LogP contribution is -2.54. The van der Waals surface area contributed by atoms with E-state index in [-0.39, 0.29) is 11.9 Å². The van der Waals surface area contributed by atoms with Crippen LogP contribution in [0.4, 0.5) is 5.69 Å². The third kappa shape index (κ3) is 2.80. The topological polar surface area (TPSA) is 49.6 Å². The number of anilines is 1. The maximum Gasteiger partial charge on any atom is 0.241 e. The molecule has 104 valence electrons. The number of hydrogen-bond donors (Lipinski definition) is 1. The molecule has 19 heavy (non-hydrogen) atoms. The summed E-state index contributed by atoms with van der Waals surface area (Å²) in [6.45, 7) is 8.91. The molecule has 4 heteroatoms. The van der Waals surface area contributed by atoms with Crippen molar-refractivity contribution in [2.45, 2.75) is 26.8 Å². The van der Waals surface area contributed by atoms with Gasteiger partial charge in [-0.2, -0.15) is 0 Å². The molecule has 2 N–H and O–H groups in total. The summed E-state index contributed by atoms with van der Waals surface area (Å²) in [5.41, 5.74) is 9.13. The number of benzene rings is 1. The van der Waals surface area contributed by atoms with Gasteiger partial charge in [0.15, 0.2) is 0 Å². The number of rotatable bonds is 3. The van der Waals surface area contributed by atoms with Crippen LogP contribution in [0.3, 0.4) is 0 Å². The second-order valence-electron chi connectivity index (χ2n) is 5.32. The van der Waals surface area contributed by atoms with Crippen LogP contribution in [0.15, 0.2) is 18.2 Å². The summed E-state index contributed by atoms with van der Waals surface area (Å²) in [5, 5.41) is 0. The van der Waals surface area contributed by atoms with Gasteiger partial charge in [0, 0.05) is 31.4 Å². The van der Waals surface area contributed by atoms with E-state index in [4.69, 9.17) is 5.73 Å². The van der Waals surface area contributed by atoms with Crippen molar-refractivity contribution in [1.82, 2.24) is 4.90 Å². The highest BCUT2D eigenvalue weighted by atomic mass is 16.2. The van der Waals surface area contributed by atoms with E-state index in [1.807, 2.05) is 17.0 Å². The highest BCUT2D eigenvalue weighted by Gasteiger charge is 2.28. The lowest BCUT2D eigenvalue weighted by molar-refractivity contribution is -0.121. The Labute approximate surface area is 115 Å². The van der Waals surface area contributed by atoms with Crippen molar-refractivity contribution >= 4 is 11.6 Å². The molecule has 0 spiro atoms. The molecule has 1 aromatic carbocycles. The minimum absolute atomic E-state index is 0.167. The Bertz CT molecular complexity index is 472. The molecule has 1 aliphatic heterocycles. The molecular formula is C15H23N3O. The van der Waals surface area contributed by atoms with Gasteiger partial charge in [-0.15, -0.1) is 0 Å². The summed E-state index contributed by atoms with van der Waals surface area (Å²) >= 11 is 0. The zero-order valence-corrected chi connectivity index (χ0v) is 12.0. The summed E-state index contributed by atoms with van der Waals surface area (Å²) in [4.78, 5) is 16.4. The van der Waals surface area contributed by atoms with Crippen molar-refractivity contribution in [2.24, 2.45) is 5.73 Å². The largest absolute Gasteiger partial charge is 0.329 e. The van der Waals surface area contributed by atoms with Crippen LogP contribution in [0, 0.1) is 13.8 Å². The van der Waals surface area contributed by atoms with Crippen molar-refractivity contribution in [2.75, 3.05) is 31.1 Å². The van der Waals surface area contributed by atoms with Gasteiger partial charge < -0.3 is 10.6 Å². The summed E-state index contributed by atoms with van der Waals surface area (Å²) in [6.07, 6.45) is 0. The third-order valence-electron chi connectivity index (χ3n) is 4.08. The first-order chi connectivity index (χ1) is 9.04. The normalized spacial score (nSPS) is 18.7. The molecule has 1 unspecified atom stereocenters. The maximum absolute atomic E-state index is 12.3. The van der Waals surface area contributed by atoms with Crippen LogP contribution in [0.1, 0.15) is 18.1 Å². The number of amides is 1. The lowest BCUT2D eigenvalue weighted by atomic mass is 10.1. The first-order valence-electron chi connectivity index (χ1n) is 6.85. The molecular weight excluding hydrogens is 238 g/mol. The van der Waals surface area contributed by atoms with E-state index >= 15 is 0 Å². The van der Waals surface area contributed by atoms with Crippen LogP contribution < -0.4 is 10.6 Å². The molecule has 1 amide bonds. The number of aryl methyl sites for hydroxylation is 1. The molecule has 1 heterocycles. The number of carbonyl (C=O) groups excluding carboxylic acids is 1. The maximum atomic E-state index is 12.3. The second-order valence-corrected chi connectivity index (χ2v) is 5.32. The molecule has 0 saturated carbocycles. The van der Waals surface area contributed by atoms with E-state index in [1.165, 1.54) is 11.1 Å². The van der Waals surface area contributed by atoms with Gasteiger partial charge >= 0.3 is 0 Å². The Hall–Kier alpha value is -1.39. The summed E-state index contributed by atoms with van der Waals surface area (Å²) < 4.78 is 0. The lowest BCUT2D eigenvalue weighted by Gasteiger charge is -2.37. The molecule has 4 nitrogen and oxygen atoms in total. The Balaban J connectivity index is 2.16. The molecule has 2 rings (SSSR count). The molecule has 0 bridgehead atoms. The minimum Gasteiger partial charge on any atom is -0.329 e. The third-order valence-corrected chi connectivity index (χ3v) is 4.08. The predicted octanol–water partition coefficient (Wildman–Crippen LogP) is 1.30. The molecule has 1 saturated heterocycles. The van der Waals surface area contributed by atoms with Gasteiger partial charge in [0.05, 0.1) is 6.54 Å². The number of hydrogen-bond acceptors (Lipinski definition) is 3. The van der Waals surface area contributed by atoms with Gasteiger partial charge in [-0.05, 0) is 38.0 Å². The van der Waals surface area contributed by atoms with Crippen molar-refractivity contribution in [3.05, 3.63) is 29.3 Å². The Morgan fingerprint density at radius 3 is 2.68 bits per heavy atom. The van der Waals surface area contributed by atoms with Crippen LogP contribution in [0.5, 0.6) is 0 Å². The summed E-state index contributed by atoms with van der Waals surface area (Å²) in [7, 11) is 0. The van der Waals surface area contributed by atoms with E-state index in [9.17, 15) is 4.79 Å². The van der Waals surface area contributed by atoms with E-state index in [0.717, 1.165) is 18.8 Å². The predicted molar refractivity (Wildman–Crippen MR) is 78.4 cm³/mol. The monoisotopic (exact) mass is 261 g/mol. The average Bonchev–Trinajstić information content (AvgIpc) is 2.41. The summed E-state index contributed by atoms with van der Waals surface area (Å²) in [6, 6.07) is 6.39. The fourth-order valence-electron chi connectivity index (χ4n) is 2.50. The number of piperazine rings is 1. The Morgan fingerprint density at radius 1 is 1.32 bits per heavy atom. The van der Waals surface area contributed by atoms with Gasteiger partial charge in [0.2, 0.25) is 5.91 Å². The fraction of sp³-hybridized carbons (Fsp3) is 0.533. The fourth-order valence-corrected chi connectivity index (χ4v) is 2.50. The zero-order valence-electron chi connectivity index (χ0n) is 12.0. The Morgan fingerprint density at radius 2 is 2.05 bits per heavy atom. The van der Waals surface area contributed by atoms with Gasteiger partial charge in [0.1, 0.15) is 0 Å². The van der Waals surface area contributed by atoms with Gasteiger partial charge in [-0.1, -0.05) is 12.1 Å². The highest BCUT2D eigenvalue weighted by molar-refractivity contribution is 5.96. The molecule has 1 atom stereocenters. The first kappa shape index (κ1) is 14.0. The summed E-state index contributed by atoms with van der Waals surface area (Å²) in [5.74, 6) is 0.167. The zero-order chi connectivity index (χ0) is 14.0. The molecule has 0 aliphatic carbocycles. The van der Waals surface area contributed by atoms with Crippen molar-refractivity contribution in [3.63, 3.8) is 0 Å². The van der Waals surface area contributed by atoms with Crippen molar-refractivity contribution in [3.8, 4) is 0 Å². The molecule has 1 aliphatic rings. The minimum atomic E-state index is 0.167. The molecule has 0 radical (unpaired) electrons. The average molecular weight is 261 g/mol. The Kier molecular flexibility index (Phi) is 4.22. The van der Waals surface area contributed by atoms with Gasteiger partial charge in [0.25, 0.3) is 0 Å². The molecule has 1 aromatic rings. The van der Waals surface area contributed by atoms with Crippen LogP contribution >= 0.6 is 0 Å². The van der Waals surface area contributed by atoms with Crippen molar-refractivity contribution < 1.29 is 4.79 Å². The number of nitrogens with zero attached hydrogens (tertiary/aromatic N) is 2. The van der Waals surface area contributed by atoms with E-state index in [2.05, 4.69) is 31.7 Å². The standard InChI is InChI=1S/C15H23N3O/c1-11-5-4-6-14(13(11)3)18-8-7-17(10-15(18)19)12(2)9-16/h4-6,12H,7-10,16H2,1-3H3. The van der Waals surface area contributed by atoms with Crippen molar-refractivity contribution in [1.29, 1.82) is 0 Å². The quantitative estimate of drug-likeness (QED) is 0.892. The first-order valence-corrected chi connectivity index (χ1v) is 6.85. The van der Waals surface area contributed by atoms with E-state index in [1.54, 1.807) is 0 Å². The van der Waals surface area contributed by atoms with Gasteiger partial charge in [-0.3, -0.25) is 9.69 Å². The van der Waals surface area contributed by atoms with Crippen LogP contribution in [0.2, 0.25) is 0 Å². The highest BCUT2D eigenvalue weighted by Crippen LogP contribution is 2.24. The number of nitrogens with two attached hydrogens (primary N) is 1.